The summed E-state index contributed by atoms with van der Waals surface area (Å²) in [5.74, 6) is -1.72. The summed E-state index contributed by atoms with van der Waals surface area (Å²) in [4.78, 5) is 12.8. The molecular formula is C24H28F2N2O4S. The summed E-state index contributed by atoms with van der Waals surface area (Å²) in [6.07, 6.45) is 4.31. The lowest BCUT2D eigenvalue weighted by atomic mass is 9.78. The van der Waals surface area contributed by atoms with E-state index in [4.69, 9.17) is 4.74 Å². The summed E-state index contributed by atoms with van der Waals surface area (Å²) in [5.41, 5.74) is -0.646. The van der Waals surface area contributed by atoms with Crippen LogP contribution in [0.25, 0.3) is 0 Å². The number of nitrogens with one attached hydrogen (secondary N) is 2. The Bertz CT molecular complexity index is 1090. The van der Waals surface area contributed by atoms with Crippen LogP contribution >= 0.6 is 0 Å². The Kier molecular flexibility index (Phi) is 7.11. The SMILES string of the molecule is O=C(NCC1(c2c(F)cccc2F)CCCC1)c1cccc(S(=O)(=O)NCC2CCCO2)c1. The molecule has 2 aromatic carbocycles. The molecule has 1 aliphatic carbocycles. The summed E-state index contributed by atoms with van der Waals surface area (Å²) in [7, 11) is -3.81. The Morgan fingerprint density at radius 2 is 1.76 bits per heavy atom. The minimum absolute atomic E-state index is 0.0115. The maximum absolute atomic E-state index is 14.5. The molecule has 2 N–H and O–H groups in total. The zero-order chi connectivity index (χ0) is 23.5. The van der Waals surface area contributed by atoms with Gasteiger partial charge in [0.1, 0.15) is 11.6 Å². The van der Waals surface area contributed by atoms with Crippen molar-refractivity contribution in [3.05, 3.63) is 65.2 Å². The highest BCUT2D eigenvalue weighted by Gasteiger charge is 2.40. The molecule has 0 radical (unpaired) electrons. The number of ether oxygens (including phenoxy) is 1. The third-order valence-corrected chi connectivity index (χ3v) is 7.99. The molecule has 9 heteroatoms. The molecule has 1 heterocycles. The summed E-state index contributed by atoms with van der Waals surface area (Å²) in [5, 5.41) is 2.78. The second-order valence-electron chi connectivity index (χ2n) is 8.78. The van der Waals surface area contributed by atoms with Crippen molar-refractivity contribution < 1.29 is 26.7 Å². The Morgan fingerprint density at radius 3 is 2.42 bits per heavy atom. The van der Waals surface area contributed by atoms with Crippen LogP contribution in [0, 0.1) is 11.6 Å². The van der Waals surface area contributed by atoms with E-state index >= 15 is 0 Å². The standard InChI is InChI=1S/C24H28F2N2O4S/c25-20-9-4-10-21(26)22(20)24(11-1-2-12-24)16-27-23(29)17-6-3-8-19(14-17)33(30,31)28-15-18-7-5-13-32-18/h3-4,6,8-10,14,18,28H,1-2,5,7,11-13,15-16H2,(H,27,29). The van der Waals surface area contributed by atoms with E-state index in [9.17, 15) is 22.0 Å². The van der Waals surface area contributed by atoms with Crippen LogP contribution in [0.15, 0.2) is 47.4 Å². The Morgan fingerprint density at radius 1 is 1.06 bits per heavy atom. The molecule has 1 atom stereocenters. The van der Waals surface area contributed by atoms with E-state index < -0.39 is 33.0 Å². The monoisotopic (exact) mass is 478 g/mol. The maximum Gasteiger partial charge on any atom is 0.251 e. The van der Waals surface area contributed by atoms with Crippen LogP contribution in [0.1, 0.15) is 54.4 Å². The molecule has 0 spiro atoms. The molecule has 2 aromatic rings. The van der Waals surface area contributed by atoms with Crippen LogP contribution in [-0.2, 0) is 20.2 Å². The zero-order valence-electron chi connectivity index (χ0n) is 18.3. The molecule has 178 valence electrons. The largest absolute Gasteiger partial charge is 0.377 e. The normalized spacial score (nSPS) is 20.1. The summed E-state index contributed by atoms with van der Waals surface area (Å²) in [6, 6.07) is 9.53. The topological polar surface area (TPSA) is 84.5 Å². The van der Waals surface area contributed by atoms with Crippen LogP contribution < -0.4 is 10.0 Å². The number of carbonyl (C=O) groups is 1. The average molecular weight is 479 g/mol. The molecular weight excluding hydrogens is 450 g/mol. The fourth-order valence-corrected chi connectivity index (χ4v) is 5.93. The van der Waals surface area contributed by atoms with E-state index in [1.54, 1.807) is 0 Å². The minimum atomic E-state index is -3.81. The second kappa shape index (κ2) is 9.87. The van der Waals surface area contributed by atoms with Crippen LogP contribution in [0.5, 0.6) is 0 Å². The fourth-order valence-electron chi connectivity index (χ4n) is 4.82. The molecule has 1 aliphatic heterocycles. The number of benzene rings is 2. The first-order valence-electron chi connectivity index (χ1n) is 11.2. The third-order valence-electron chi connectivity index (χ3n) is 6.57. The minimum Gasteiger partial charge on any atom is -0.377 e. The third kappa shape index (κ3) is 5.26. The molecule has 4 rings (SSSR count). The highest BCUT2D eigenvalue weighted by molar-refractivity contribution is 7.89. The predicted octanol–water partition coefficient (Wildman–Crippen LogP) is 3.66. The lowest BCUT2D eigenvalue weighted by Crippen LogP contribution is -2.40. The van der Waals surface area contributed by atoms with Gasteiger partial charge in [-0.2, -0.15) is 0 Å². The van der Waals surface area contributed by atoms with Crippen LogP contribution in [-0.4, -0.2) is 40.1 Å². The van der Waals surface area contributed by atoms with Crippen LogP contribution in [0.2, 0.25) is 0 Å². The number of rotatable bonds is 8. The molecule has 1 saturated carbocycles. The van der Waals surface area contributed by atoms with Crippen LogP contribution in [0.3, 0.4) is 0 Å². The number of carbonyl (C=O) groups excluding carboxylic acids is 1. The highest BCUT2D eigenvalue weighted by Crippen LogP contribution is 2.42. The van der Waals surface area contributed by atoms with E-state index in [1.165, 1.54) is 42.5 Å². The average Bonchev–Trinajstić information content (AvgIpc) is 3.49. The smallest absolute Gasteiger partial charge is 0.251 e. The van der Waals surface area contributed by atoms with E-state index in [2.05, 4.69) is 10.0 Å². The van der Waals surface area contributed by atoms with Crippen molar-refractivity contribution in [1.82, 2.24) is 10.0 Å². The van der Waals surface area contributed by atoms with E-state index in [0.29, 0.717) is 19.4 Å². The van der Waals surface area contributed by atoms with Gasteiger partial charge < -0.3 is 10.1 Å². The molecule has 33 heavy (non-hydrogen) atoms. The van der Waals surface area contributed by atoms with Gasteiger partial charge in [0.05, 0.1) is 11.0 Å². The molecule has 2 aliphatic rings. The first kappa shape index (κ1) is 23.8. The van der Waals surface area contributed by atoms with Crippen molar-refractivity contribution in [3.63, 3.8) is 0 Å². The summed E-state index contributed by atoms with van der Waals surface area (Å²) >= 11 is 0. The van der Waals surface area contributed by atoms with E-state index in [-0.39, 0.29) is 35.2 Å². The maximum atomic E-state index is 14.5. The van der Waals surface area contributed by atoms with Crippen molar-refractivity contribution in [2.45, 2.75) is 54.9 Å². The van der Waals surface area contributed by atoms with E-state index in [1.807, 2.05) is 0 Å². The summed E-state index contributed by atoms with van der Waals surface area (Å²) in [6.45, 7) is 0.869. The van der Waals surface area contributed by atoms with Gasteiger partial charge in [0.25, 0.3) is 5.91 Å². The first-order valence-corrected chi connectivity index (χ1v) is 12.7. The van der Waals surface area contributed by atoms with Gasteiger partial charge >= 0.3 is 0 Å². The van der Waals surface area contributed by atoms with Gasteiger partial charge in [-0.25, -0.2) is 21.9 Å². The van der Waals surface area contributed by atoms with Crippen LogP contribution in [0.4, 0.5) is 8.78 Å². The van der Waals surface area contributed by atoms with Gasteiger partial charge in [0, 0.05) is 36.2 Å². The van der Waals surface area contributed by atoms with Gasteiger partial charge in [-0.15, -0.1) is 0 Å². The van der Waals surface area contributed by atoms with Gasteiger partial charge in [0.2, 0.25) is 10.0 Å². The van der Waals surface area contributed by atoms with Crippen molar-refractivity contribution in [2.24, 2.45) is 0 Å². The number of halogens is 2. The molecule has 6 nitrogen and oxygen atoms in total. The lowest BCUT2D eigenvalue weighted by Gasteiger charge is -2.30. The van der Waals surface area contributed by atoms with Crippen molar-refractivity contribution in [1.29, 1.82) is 0 Å². The van der Waals surface area contributed by atoms with E-state index in [0.717, 1.165) is 25.7 Å². The van der Waals surface area contributed by atoms with Crippen molar-refractivity contribution in [3.8, 4) is 0 Å². The number of hydrogen-bond acceptors (Lipinski definition) is 4. The first-order chi connectivity index (χ1) is 15.8. The van der Waals surface area contributed by atoms with Gasteiger partial charge in [0.15, 0.2) is 0 Å². The molecule has 0 aromatic heterocycles. The molecule has 1 amide bonds. The molecule has 2 fully saturated rings. The molecule has 0 bridgehead atoms. The number of hydrogen-bond donors (Lipinski definition) is 2. The zero-order valence-corrected chi connectivity index (χ0v) is 19.1. The quantitative estimate of drug-likeness (QED) is 0.607. The van der Waals surface area contributed by atoms with Gasteiger partial charge in [-0.05, 0) is 56.0 Å². The lowest BCUT2D eigenvalue weighted by molar-refractivity contribution is 0.0941. The number of sulfonamides is 1. The molecule has 1 saturated heterocycles. The second-order valence-corrected chi connectivity index (χ2v) is 10.5. The Hall–Kier alpha value is -2.36. The van der Waals surface area contributed by atoms with Crippen molar-refractivity contribution in [2.75, 3.05) is 19.7 Å². The molecule has 1 unspecified atom stereocenters. The Balaban J connectivity index is 1.47. The van der Waals surface area contributed by atoms with Crippen molar-refractivity contribution >= 4 is 15.9 Å². The number of amides is 1. The van der Waals surface area contributed by atoms with Gasteiger partial charge in [-0.1, -0.05) is 25.0 Å². The summed E-state index contributed by atoms with van der Waals surface area (Å²) < 4.78 is 62.4. The highest BCUT2D eigenvalue weighted by atomic mass is 32.2. The fraction of sp³-hybridized carbons (Fsp3) is 0.458. The Labute approximate surface area is 192 Å². The predicted molar refractivity (Wildman–Crippen MR) is 119 cm³/mol. The van der Waals surface area contributed by atoms with Gasteiger partial charge in [-0.3, -0.25) is 4.79 Å².